The normalized spacial score (nSPS) is 11.2. The first-order chi connectivity index (χ1) is 13.4. The molecule has 0 bridgehead atoms. The third-order valence-electron chi connectivity index (χ3n) is 4.10. The lowest BCUT2D eigenvalue weighted by Crippen LogP contribution is -2.29. The second kappa shape index (κ2) is 8.20. The Morgan fingerprint density at radius 1 is 0.964 bits per heavy atom. The minimum Gasteiger partial charge on any atom is -0.396 e. The zero-order valence-corrected chi connectivity index (χ0v) is 15.7. The molecule has 0 aliphatic carbocycles. The molecule has 144 valence electrons. The van der Waals surface area contributed by atoms with Crippen molar-refractivity contribution in [3.8, 4) is 0 Å². The van der Waals surface area contributed by atoms with Crippen LogP contribution in [0.4, 0.5) is 5.69 Å². The van der Waals surface area contributed by atoms with Crippen molar-refractivity contribution >= 4 is 21.4 Å². The Morgan fingerprint density at radius 2 is 1.54 bits per heavy atom. The molecule has 1 aromatic heterocycles. The maximum absolute atomic E-state index is 12.8. The molecule has 1 heterocycles. The van der Waals surface area contributed by atoms with Crippen molar-refractivity contribution in [2.45, 2.75) is 17.2 Å². The summed E-state index contributed by atoms with van der Waals surface area (Å²) in [7, 11) is -3.80. The van der Waals surface area contributed by atoms with Crippen LogP contribution in [0.5, 0.6) is 0 Å². The van der Waals surface area contributed by atoms with Crippen molar-refractivity contribution in [2.75, 3.05) is 5.73 Å². The van der Waals surface area contributed by atoms with Gasteiger partial charge in [0, 0.05) is 6.20 Å². The van der Waals surface area contributed by atoms with Gasteiger partial charge in [-0.3, -0.25) is 10.0 Å². The molecule has 0 fully saturated rings. The molecule has 28 heavy (non-hydrogen) atoms. The van der Waals surface area contributed by atoms with Crippen LogP contribution in [0, 0.1) is 0 Å². The van der Waals surface area contributed by atoms with E-state index in [4.69, 9.17) is 5.73 Å². The first-order valence-corrected chi connectivity index (χ1v) is 10.1. The highest BCUT2D eigenvalue weighted by atomic mass is 32.2. The van der Waals surface area contributed by atoms with Gasteiger partial charge in [0.2, 0.25) is 0 Å². The van der Waals surface area contributed by atoms with Crippen LogP contribution in [0.15, 0.2) is 77.8 Å². The molecule has 0 radical (unpaired) electrons. The lowest BCUT2D eigenvalue weighted by molar-refractivity contribution is -0.0651. The van der Waals surface area contributed by atoms with Crippen molar-refractivity contribution in [2.24, 2.45) is 0 Å². The number of carbonyl (C=O) groups is 1. The highest BCUT2D eigenvalue weighted by Crippen LogP contribution is 2.25. The summed E-state index contributed by atoms with van der Waals surface area (Å²) in [4.78, 5) is 16.2. The Morgan fingerprint density at radius 3 is 2.14 bits per heavy atom. The number of benzene rings is 2. The van der Waals surface area contributed by atoms with E-state index in [0.29, 0.717) is 16.2 Å². The fraction of sp³-hybridized carbons (Fsp3) is 0.100. The highest BCUT2D eigenvalue weighted by molar-refractivity contribution is 7.90. The number of nitrogen functional groups attached to an aromatic ring is 1. The predicted octanol–water partition coefficient (Wildman–Crippen LogP) is 2.67. The molecule has 0 saturated carbocycles. The van der Waals surface area contributed by atoms with E-state index in [1.165, 1.54) is 12.3 Å². The van der Waals surface area contributed by atoms with Gasteiger partial charge in [-0.2, -0.15) is 0 Å². The van der Waals surface area contributed by atoms with E-state index in [1.807, 2.05) is 6.07 Å². The number of nitrogens with zero attached hydrogens (tertiary/aromatic N) is 2. The van der Waals surface area contributed by atoms with E-state index in [1.54, 1.807) is 54.6 Å². The van der Waals surface area contributed by atoms with Gasteiger partial charge in [-0.15, -0.1) is 0 Å². The van der Waals surface area contributed by atoms with Crippen LogP contribution in [-0.4, -0.2) is 29.6 Å². The van der Waals surface area contributed by atoms with Gasteiger partial charge in [0.15, 0.2) is 15.5 Å². The summed E-state index contributed by atoms with van der Waals surface area (Å²) in [6.07, 6.45) is 1.19. The summed E-state index contributed by atoms with van der Waals surface area (Å²) >= 11 is 0. The van der Waals surface area contributed by atoms with Gasteiger partial charge in [-0.05, 0) is 17.2 Å². The van der Waals surface area contributed by atoms with Crippen LogP contribution in [0.25, 0.3) is 0 Å². The summed E-state index contributed by atoms with van der Waals surface area (Å²) in [6, 6.07) is 18.8. The molecule has 1 amide bonds. The standard InChI is InChI=1S/C20H19N3O4S/c21-18-17(28(26,27)14-16-9-5-2-6-10-16)11-12-22-19(18)20(24)23(25)13-15-7-3-1-4-8-15/h1-12,25H,13-14,21H2. The van der Waals surface area contributed by atoms with Crippen molar-refractivity contribution in [3.05, 3.63) is 89.7 Å². The average molecular weight is 397 g/mol. The number of rotatable bonds is 6. The molecular formula is C20H19N3O4S. The van der Waals surface area contributed by atoms with Gasteiger partial charge >= 0.3 is 0 Å². The first-order valence-electron chi connectivity index (χ1n) is 8.44. The lowest BCUT2D eigenvalue weighted by Gasteiger charge is -2.16. The predicted molar refractivity (Wildman–Crippen MR) is 104 cm³/mol. The van der Waals surface area contributed by atoms with Gasteiger partial charge in [0.05, 0.1) is 22.9 Å². The second-order valence-corrected chi connectivity index (χ2v) is 8.12. The minimum absolute atomic E-state index is 0.0816. The maximum Gasteiger partial charge on any atom is 0.298 e. The zero-order chi connectivity index (χ0) is 20.1. The highest BCUT2D eigenvalue weighted by Gasteiger charge is 2.25. The van der Waals surface area contributed by atoms with E-state index in [0.717, 1.165) is 0 Å². The van der Waals surface area contributed by atoms with E-state index >= 15 is 0 Å². The largest absolute Gasteiger partial charge is 0.396 e. The number of anilines is 1. The number of hydrogen-bond acceptors (Lipinski definition) is 6. The average Bonchev–Trinajstić information content (AvgIpc) is 2.68. The van der Waals surface area contributed by atoms with Gasteiger partial charge in [-0.25, -0.2) is 18.5 Å². The molecule has 0 atom stereocenters. The second-order valence-electron chi connectivity index (χ2n) is 6.16. The summed E-state index contributed by atoms with van der Waals surface area (Å²) in [5.74, 6) is -1.14. The number of sulfone groups is 1. The lowest BCUT2D eigenvalue weighted by atomic mass is 10.2. The van der Waals surface area contributed by atoms with E-state index in [9.17, 15) is 18.4 Å². The van der Waals surface area contributed by atoms with Gasteiger partial charge in [-0.1, -0.05) is 60.7 Å². The molecule has 0 spiro atoms. The monoisotopic (exact) mass is 397 g/mol. The SMILES string of the molecule is Nc1c(S(=O)(=O)Cc2ccccc2)ccnc1C(=O)N(O)Cc1ccccc1. The maximum atomic E-state index is 12.8. The Labute approximate surface area is 162 Å². The summed E-state index contributed by atoms with van der Waals surface area (Å²) in [5.41, 5.74) is 6.66. The number of nitrogens with two attached hydrogens (primary N) is 1. The molecule has 0 aliphatic heterocycles. The number of hydroxylamine groups is 2. The third kappa shape index (κ3) is 4.36. The Bertz CT molecular complexity index is 1070. The number of carbonyl (C=O) groups excluding carboxylic acids is 1. The van der Waals surface area contributed by atoms with E-state index < -0.39 is 15.7 Å². The van der Waals surface area contributed by atoms with E-state index in [-0.39, 0.29) is 28.6 Å². The molecular weight excluding hydrogens is 378 g/mol. The van der Waals surface area contributed by atoms with Crippen LogP contribution in [-0.2, 0) is 22.1 Å². The quantitative estimate of drug-likeness (QED) is 0.488. The fourth-order valence-electron chi connectivity index (χ4n) is 2.72. The van der Waals surface area contributed by atoms with Gasteiger partial charge < -0.3 is 5.73 Å². The van der Waals surface area contributed by atoms with Gasteiger partial charge in [0.1, 0.15) is 0 Å². The summed E-state index contributed by atoms with van der Waals surface area (Å²) in [5, 5.41) is 10.6. The van der Waals surface area contributed by atoms with Crippen molar-refractivity contribution in [3.63, 3.8) is 0 Å². The minimum atomic E-state index is -3.80. The smallest absolute Gasteiger partial charge is 0.298 e. The topological polar surface area (TPSA) is 114 Å². The van der Waals surface area contributed by atoms with Crippen LogP contribution >= 0.6 is 0 Å². The number of amides is 1. The van der Waals surface area contributed by atoms with Crippen LogP contribution < -0.4 is 5.73 Å². The Kier molecular flexibility index (Phi) is 5.72. The molecule has 2 aromatic carbocycles. The number of aromatic nitrogens is 1. The zero-order valence-electron chi connectivity index (χ0n) is 14.9. The number of hydrogen-bond donors (Lipinski definition) is 2. The summed E-state index contributed by atoms with van der Waals surface area (Å²) in [6.45, 7) is -0.0816. The van der Waals surface area contributed by atoms with Crippen LogP contribution in [0.2, 0.25) is 0 Å². The molecule has 7 nitrogen and oxygen atoms in total. The van der Waals surface area contributed by atoms with Crippen molar-refractivity contribution < 1.29 is 18.4 Å². The molecule has 3 rings (SSSR count). The van der Waals surface area contributed by atoms with Crippen LogP contribution in [0.1, 0.15) is 21.6 Å². The van der Waals surface area contributed by atoms with Crippen molar-refractivity contribution in [1.82, 2.24) is 10.0 Å². The first kappa shape index (κ1) is 19.5. The third-order valence-corrected chi connectivity index (χ3v) is 5.84. The Hall–Kier alpha value is -3.23. The van der Waals surface area contributed by atoms with Gasteiger partial charge in [0.25, 0.3) is 5.91 Å². The van der Waals surface area contributed by atoms with E-state index in [2.05, 4.69) is 4.98 Å². The van der Waals surface area contributed by atoms with Crippen molar-refractivity contribution in [1.29, 1.82) is 0 Å². The Balaban J connectivity index is 1.87. The fourth-order valence-corrected chi connectivity index (χ4v) is 4.21. The molecule has 0 saturated heterocycles. The summed E-state index contributed by atoms with van der Waals surface area (Å²) < 4.78 is 25.5. The van der Waals surface area contributed by atoms with Crippen LogP contribution in [0.3, 0.4) is 0 Å². The molecule has 8 heteroatoms. The molecule has 3 N–H and O–H groups in total. The molecule has 0 unspecified atom stereocenters. The molecule has 3 aromatic rings. The molecule has 0 aliphatic rings. The number of pyridine rings is 1.